The molecular formula is C23H39N3O2. The summed E-state index contributed by atoms with van der Waals surface area (Å²) in [5, 5.41) is 14.9. The third kappa shape index (κ3) is 2.79. The van der Waals surface area contributed by atoms with Crippen molar-refractivity contribution in [2.75, 3.05) is 26.2 Å². The highest BCUT2D eigenvalue weighted by molar-refractivity contribution is 5.82. The standard InChI is InChI=1S/C23H39N3O2/c1-3-25(4-2)13-17-19(27)10-9-18-20(17)16-11-12-24-21-14-7-5-6-8-15(14)23(28)26(18)22(16)21/h14-22,24,27H,3-13H2,1-2H3. The van der Waals surface area contributed by atoms with Gasteiger partial charge in [0.15, 0.2) is 0 Å². The molecule has 1 amide bonds. The number of carbonyl (C=O) groups excluding carboxylic acids is 1. The summed E-state index contributed by atoms with van der Waals surface area (Å²) in [5.74, 6) is 2.68. The van der Waals surface area contributed by atoms with E-state index in [1.54, 1.807) is 0 Å². The Hall–Kier alpha value is -0.650. The maximum atomic E-state index is 13.7. The third-order valence-electron chi connectivity index (χ3n) is 9.24. The van der Waals surface area contributed by atoms with Crippen molar-refractivity contribution in [3.05, 3.63) is 0 Å². The molecule has 0 aromatic heterocycles. The number of hydrogen-bond donors (Lipinski definition) is 2. The van der Waals surface area contributed by atoms with Crippen molar-refractivity contribution in [1.82, 2.24) is 15.1 Å². The Morgan fingerprint density at radius 2 is 1.86 bits per heavy atom. The van der Waals surface area contributed by atoms with Crippen LogP contribution in [-0.2, 0) is 4.79 Å². The zero-order valence-electron chi connectivity index (χ0n) is 17.7. The Morgan fingerprint density at radius 1 is 1.07 bits per heavy atom. The molecule has 2 aliphatic carbocycles. The Kier molecular flexibility index (Phi) is 5.21. The summed E-state index contributed by atoms with van der Waals surface area (Å²) in [6.45, 7) is 8.62. The fourth-order valence-electron chi connectivity index (χ4n) is 8.04. The zero-order chi connectivity index (χ0) is 19.4. The molecule has 0 aromatic rings. The highest BCUT2D eigenvalue weighted by atomic mass is 16.3. The second-order valence-electron chi connectivity index (χ2n) is 10.2. The molecule has 5 aliphatic rings. The van der Waals surface area contributed by atoms with Crippen LogP contribution in [0.15, 0.2) is 0 Å². The monoisotopic (exact) mass is 389 g/mol. The topological polar surface area (TPSA) is 55.8 Å². The van der Waals surface area contributed by atoms with Crippen LogP contribution in [-0.4, -0.2) is 71.2 Å². The first-order chi connectivity index (χ1) is 13.7. The molecule has 158 valence electrons. The molecule has 0 radical (unpaired) electrons. The average molecular weight is 390 g/mol. The zero-order valence-corrected chi connectivity index (χ0v) is 17.7. The van der Waals surface area contributed by atoms with Crippen molar-refractivity contribution in [3.8, 4) is 0 Å². The van der Waals surface area contributed by atoms with Gasteiger partial charge in [0.05, 0.1) is 12.1 Å². The summed E-state index contributed by atoms with van der Waals surface area (Å²) in [6, 6.07) is 1.26. The molecule has 5 fully saturated rings. The van der Waals surface area contributed by atoms with Crippen LogP contribution in [0.5, 0.6) is 0 Å². The fourth-order valence-corrected chi connectivity index (χ4v) is 8.04. The van der Waals surface area contributed by atoms with E-state index in [1.807, 2.05) is 0 Å². The summed E-state index contributed by atoms with van der Waals surface area (Å²) in [6.07, 6.45) is 7.68. The molecule has 2 N–H and O–H groups in total. The molecule has 0 bridgehead atoms. The van der Waals surface area contributed by atoms with Crippen molar-refractivity contribution in [2.45, 2.75) is 83.0 Å². The number of piperidine rings is 2. The first-order valence-electron chi connectivity index (χ1n) is 12.1. The second kappa shape index (κ2) is 7.55. The van der Waals surface area contributed by atoms with E-state index in [0.717, 1.165) is 45.4 Å². The van der Waals surface area contributed by atoms with Crippen LogP contribution in [0.25, 0.3) is 0 Å². The molecule has 9 atom stereocenters. The summed E-state index contributed by atoms with van der Waals surface area (Å²) in [5.41, 5.74) is 0. The number of hydrogen-bond acceptors (Lipinski definition) is 4. The normalized spacial score (nSPS) is 47.6. The van der Waals surface area contributed by atoms with Gasteiger partial charge >= 0.3 is 0 Å². The van der Waals surface area contributed by atoms with Crippen molar-refractivity contribution >= 4 is 5.91 Å². The van der Waals surface area contributed by atoms with E-state index in [9.17, 15) is 9.90 Å². The summed E-state index contributed by atoms with van der Waals surface area (Å²) < 4.78 is 0. The lowest BCUT2D eigenvalue weighted by Crippen LogP contribution is -2.66. The van der Waals surface area contributed by atoms with Gasteiger partial charge in [0, 0.05) is 30.5 Å². The Labute approximate surface area is 170 Å². The van der Waals surface area contributed by atoms with Crippen LogP contribution in [0, 0.1) is 29.6 Å². The van der Waals surface area contributed by atoms with Gasteiger partial charge < -0.3 is 20.2 Å². The summed E-state index contributed by atoms with van der Waals surface area (Å²) in [4.78, 5) is 18.5. The Morgan fingerprint density at radius 3 is 2.64 bits per heavy atom. The Bertz CT molecular complexity index is 594. The van der Waals surface area contributed by atoms with Gasteiger partial charge in [-0.05, 0) is 69.5 Å². The molecule has 5 heteroatoms. The molecule has 3 heterocycles. The second-order valence-corrected chi connectivity index (χ2v) is 10.2. The number of aliphatic hydroxyl groups is 1. The molecular weight excluding hydrogens is 350 g/mol. The maximum Gasteiger partial charge on any atom is 0.226 e. The van der Waals surface area contributed by atoms with Crippen molar-refractivity contribution < 1.29 is 9.90 Å². The first kappa shape index (κ1) is 19.3. The van der Waals surface area contributed by atoms with Crippen molar-refractivity contribution in [2.24, 2.45) is 29.6 Å². The molecule has 5 nitrogen and oxygen atoms in total. The molecule has 9 unspecified atom stereocenters. The highest BCUT2D eigenvalue weighted by Crippen LogP contribution is 2.55. The molecule has 3 aliphatic heterocycles. The van der Waals surface area contributed by atoms with Gasteiger partial charge in [-0.1, -0.05) is 26.7 Å². The number of nitrogens with zero attached hydrogens (tertiary/aromatic N) is 2. The highest BCUT2D eigenvalue weighted by Gasteiger charge is 2.63. The van der Waals surface area contributed by atoms with Gasteiger partial charge in [-0.25, -0.2) is 0 Å². The van der Waals surface area contributed by atoms with Crippen LogP contribution in [0.2, 0.25) is 0 Å². The van der Waals surface area contributed by atoms with E-state index >= 15 is 0 Å². The van der Waals surface area contributed by atoms with Crippen LogP contribution in [0.1, 0.15) is 58.8 Å². The predicted octanol–water partition coefficient (Wildman–Crippen LogP) is 2.09. The number of carbonyl (C=O) groups is 1. The van der Waals surface area contributed by atoms with Crippen molar-refractivity contribution in [1.29, 1.82) is 0 Å². The smallest absolute Gasteiger partial charge is 0.226 e. The SMILES string of the molecule is CCN(CC)CC1C(O)CCC2C1C1CCNC3C4CCCCC4C(=O)N2C13. The van der Waals surface area contributed by atoms with Gasteiger partial charge in [-0.2, -0.15) is 0 Å². The van der Waals surface area contributed by atoms with Gasteiger partial charge in [0.25, 0.3) is 0 Å². The van der Waals surface area contributed by atoms with E-state index in [1.165, 1.54) is 25.7 Å². The molecule has 3 saturated heterocycles. The van der Waals surface area contributed by atoms with Gasteiger partial charge in [-0.3, -0.25) is 4.79 Å². The quantitative estimate of drug-likeness (QED) is 0.773. The van der Waals surface area contributed by atoms with Gasteiger partial charge in [-0.15, -0.1) is 0 Å². The lowest BCUT2D eigenvalue weighted by molar-refractivity contribution is -0.152. The van der Waals surface area contributed by atoms with Gasteiger partial charge in [0.2, 0.25) is 5.91 Å². The number of aliphatic hydroxyl groups excluding tert-OH is 1. The molecule has 0 aromatic carbocycles. The fraction of sp³-hybridized carbons (Fsp3) is 0.957. The van der Waals surface area contributed by atoms with Crippen LogP contribution in [0.4, 0.5) is 0 Å². The van der Waals surface area contributed by atoms with E-state index in [2.05, 4.69) is 29.0 Å². The van der Waals surface area contributed by atoms with E-state index in [0.29, 0.717) is 47.7 Å². The number of nitrogens with one attached hydrogen (secondary N) is 1. The lowest BCUT2D eigenvalue weighted by atomic mass is 9.64. The molecule has 5 rings (SSSR count). The Balaban J connectivity index is 1.49. The minimum atomic E-state index is -0.200. The van der Waals surface area contributed by atoms with E-state index in [-0.39, 0.29) is 12.0 Å². The van der Waals surface area contributed by atoms with Crippen LogP contribution in [0.3, 0.4) is 0 Å². The molecule has 0 spiro atoms. The van der Waals surface area contributed by atoms with Crippen molar-refractivity contribution in [3.63, 3.8) is 0 Å². The lowest BCUT2D eigenvalue weighted by Gasteiger charge is -2.52. The predicted molar refractivity (Wildman–Crippen MR) is 110 cm³/mol. The minimum Gasteiger partial charge on any atom is -0.393 e. The maximum absolute atomic E-state index is 13.7. The van der Waals surface area contributed by atoms with E-state index in [4.69, 9.17) is 0 Å². The number of fused-ring (bicyclic) bond motifs is 5. The average Bonchev–Trinajstić information content (AvgIpc) is 3.07. The van der Waals surface area contributed by atoms with Gasteiger partial charge in [0.1, 0.15) is 0 Å². The summed E-state index contributed by atoms with van der Waals surface area (Å²) >= 11 is 0. The van der Waals surface area contributed by atoms with E-state index < -0.39 is 0 Å². The molecule has 2 saturated carbocycles. The summed E-state index contributed by atoms with van der Waals surface area (Å²) in [7, 11) is 0. The molecule has 28 heavy (non-hydrogen) atoms. The minimum absolute atomic E-state index is 0.200. The number of amides is 1. The third-order valence-corrected chi connectivity index (χ3v) is 9.24. The number of rotatable bonds is 4. The first-order valence-corrected chi connectivity index (χ1v) is 12.1. The van der Waals surface area contributed by atoms with Crippen LogP contribution < -0.4 is 5.32 Å². The van der Waals surface area contributed by atoms with Crippen LogP contribution >= 0.6 is 0 Å². The largest absolute Gasteiger partial charge is 0.393 e.